The molecule has 0 fully saturated rings. The molecule has 1 N–H and O–H groups in total. The molecule has 0 aliphatic carbocycles. The van der Waals surface area contributed by atoms with Crippen LogP contribution in [0.15, 0.2) is 90.2 Å². The number of nitrogens with one attached hydrogen (secondary N) is 1. The van der Waals surface area contributed by atoms with Crippen molar-refractivity contribution >= 4 is 39.6 Å². The molecule has 0 radical (unpaired) electrons. The second-order valence-electron chi connectivity index (χ2n) is 8.23. The Kier molecular flexibility index (Phi) is 5.84. The van der Waals surface area contributed by atoms with Gasteiger partial charge in [-0.3, -0.25) is 4.79 Å². The highest BCUT2D eigenvalue weighted by atomic mass is 32.2. The van der Waals surface area contributed by atoms with Gasteiger partial charge in [0.2, 0.25) is 5.91 Å². The van der Waals surface area contributed by atoms with Gasteiger partial charge in [-0.15, -0.1) is 0 Å². The smallest absolute Gasteiger partial charge is 0.234 e. The minimum Gasteiger partial charge on any atom is -0.325 e. The van der Waals surface area contributed by atoms with Gasteiger partial charge < -0.3 is 5.32 Å². The number of rotatable bonds is 6. The Bertz CT molecular complexity index is 1430. The Morgan fingerprint density at radius 2 is 1.82 bits per heavy atom. The largest absolute Gasteiger partial charge is 0.325 e. The molecular formula is C27H24N4OS. The fourth-order valence-electron chi connectivity index (χ4n) is 3.87. The van der Waals surface area contributed by atoms with Crippen molar-refractivity contribution in [1.29, 1.82) is 0 Å². The van der Waals surface area contributed by atoms with Gasteiger partial charge in [0.05, 0.1) is 17.0 Å². The molecule has 2 aromatic heterocycles. The van der Waals surface area contributed by atoms with E-state index < -0.39 is 0 Å². The normalized spacial score (nSPS) is 11.4. The summed E-state index contributed by atoms with van der Waals surface area (Å²) in [6.07, 6.45) is 3.56. The highest BCUT2D eigenvalue weighted by Crippen LogP contribution is 2.30. The Hall–Kier alpha value is -3.64. The summed E-state index contributed by atoms with van der Waals surface area (Å²) in [4.78, 5) is 17.0. The van der Waals surface area contributed by atoms with Crippen molar-refractivity contribution < 1.29 is 4.79 Å². The lowest BCUT2D eigenvalue weighted by Gasteiger charge is -2.08. The fraction of sp³-hybridized carbons (Fsp3) is 0.148. The number of thioether (sulfide) groups is 1. The van der Waals surface area contributed by atoms with Crippen molar-refractivity contribution in [2.45, 2.75) is 24.8 Å². The number of aromatic nitrogens is 3. The van der Waals surface area contributed by atoms with Crippen molar-refractivity contribution in [2.24, 2.45) is 0 Å². The third-order valence-corrected chi connectivity index (χ3v) is 6.62. The van der Waals surface area contributed by atoms with Gasteiger partial charge in [-0.25, -0.2) is 9.50 Å². The number of nitrogens with zero attached hydrogens (tertiary/aromatic N) is 3. The Morgan fingerprint density at radius 3 is 2.64 bits per heavy atom. The lowest BCUT2D eigenvalue weighted by atomic mass is 10.0. The van der Waals surface area contributed by atoms with Crippen molar-refractivity contribution in [1.82, 2.24) is 14.6 Å². The van der Waals surface area contributed by atoms with Gasteiger partial charge in [0.15, 0.2) is 0 Å². The van der Waals surface area contributed by atoms with Crippen molar-refractivity contribution in [3.05, 3.63) is 90.8 Å². The minimum absolute atomic E-state index is 0.0603. The van der Waals surface area contributed by atoms with Crippen LogP contribution in [0.3, 0.4) is 0 Å². The predicted octanol–water partition coefficient (Wildman–Crippen LogP) is 6.40. The zero-order valence-electron chi connectivity index (χ0n) is 18.5. The van der Waals surface area contributed by atoms with Crippen molar-refractivity contribution in [3.8, 4) is 11.3 Å². The Balaban J connectivity index is 1.35. The molecule has 6 heteroatoms. The molecule has 2 heterocycles. The summed E-state index contributed by atoms with van der Waals surface area (Å²) in [5, 5.41) is 10.9. The standard InChI is InChI=1S/C27H24N4OS/c1-18(2)19-10-12-21(13-11-19)29-26(32)17-33-27-25-16-24(30-31(25)15-14-28-27)23-9-5-7-20-6-3-4-8-22(20)23/h3-16,18H,17H2,1-2H3,(H,29,32). The average Bonchev–Trinajstić information content (AvgIpc) is 3.27. The SMILES string of the molecule is CC(C)c1ccc(NC(=O)CSc2nccn3nc(-c4cccc5ccccc45)cc23)cc1. The molecule has 0 saturated heterocycles. The van der Waals surface area contributed by atoms with Gasteiger partial charge in [-0.1, -0.05) is 80.2 Å². The van der Waals surface area contributed by atoms with Crippen LogP contribution in [-0.4, -0.2) is 26.3 Å². The minimum atomic E-state index is -0.0603. The van der Waals surface area contributed by atoms with E-state index in [1.807, 2.05) is 47.1 Å². The first-order valence-corrected chi connectivity index (χ1v) is 11.9. The lowest BCUT2D eigenvalue weighted by molar-refractivity contribution is -0.113. The average molecular weight is 453 g/mol. The Labute approximate surface area is 196 Å². The third kappa shape index (κ3) is 4.47. The summed E-state index contributed by atoms with van der Waals surface area (Å²) < 4.78 is 1.83. The van der Waals surface area contributed by atoms with Crippen LogP contribution < -0.4 is 5.32 Å². The van der Waals surface area contributed by atoms with Crippen LogP contribution in [0, 0.1) is 0 Å². The molecule has 0 bridgehead atoms. The first kappa shape index (κ1) is 21.2. The predicted molar refractivity (Wildman–Crippen MR) is 136 cm³/mol. The van der Waals surface area contributed by atoms with Crippen LogP contribution in [0.2, 0.25) is 0 Å². The summed E-state index contributed by atoms with van der Waals surface area (Å²) in [5.41, 5.74) is 4.91. The first-order valence-electron chi connectivity index (χ1n) is 10.9. The number of carbonyl (C=O) groups excluding carboxylic acids is 1. The number of hydrogen-bond acceptors (Lipinski definition) is 4. The van der Waals surface area contributed by atoms with Crippen molar-refractivity contribution in [2.75, 3.05) is 11.1 Å². The molecule has 0 aliphatic rings. The van der Waals surface area contributed by atoms with E-state index in [4.69, 9.17) is 5.10 Å². The second-order valence-corrected chi connectivity index (χ2v) is 9.20. The Morgan fingerprint density at radius 1 is 1.03 bits per heavy atom. The third-order valence-electron chi connectivity index (χ3n) is 5.62. The molecule has 5 aromatic rings. The maximum absolute atomic E-state index is 12.5. The molecule has 164 valence electrons. The summed E-state index contributed by atoms with van der Waals surface area (Å²) in [7, 11) is 0. The van der Waals surface area contributed by atoms with Crippen LogP contribution >= 0.6 is 11.8 Å². The van der Waals surface area contributed by atoms with E-state index >= 15 is 0 Å². The summed E-state index contributed by atoms with van der Waals surface area (Å²) in [5.74, 6) is 0.675. The summed E-state index contributed by atoms with van der Waals surface area (Å²) in [6, 6.07) is 24.6. The second kappa shape index (κ2) is 9.08. The van der Waals surface area contributed by atoms with Crippen LogP contribution in [0.5, 0.6) is 0 Å². The molecule has 0 saturated carbocycles. The van der Waals surface area contributed by atoms with Crippen LogP contribution in [0.1, 0.15) is 25.3 Å². The van der Waals surface area contributed by atoms with E-state index in [1.165, 1.54) is 22.7 Å². The maximum atomic E-state index is 12.5. The molecule has 33 heavy (non-hydrogen) atoms. The first-order chi connectivity index (χ1) is 16.1. The summed E-state index contributed by atoms with van der Waals surface area (Å²) >= 11 is 1.41. The van der Waals surface area contributed by atoms with Crippen molar-refractivity contribution in [3.63, 3.8) is 0 Å². The number of carbonyl (C=O) groups is 1. The molecule has 5 nitrogen and oxygen atoms in total. The van der Waals surface area contributed by atoms with E-state index in [1.54, 1.807) is 6.20 Å². The van der Waals surface area contributed by atoms with Gasteiger partial charge in [-0.05, 0) is 40.5 Å². The number of amides is 1. The highest BCUT2D eigenvalue weighted by Gasteiger charge is 2.13. The van der Waals surface area contributed by atoms with Gasteiger partial charge in [0.25, 0.3) is 0 Å². The zero-order valence-corrected chi connectivity index (χ0v) is 19.3. The number of fused-ring (bicyclic) bond motifs is 2. The number of benzene rings is 3. The molecule has 1 amide bonds. The van der Waals surface area contributed by atoms with Crippen LogP contribution in [0.25, 0.3) is 27.5 Å². The maximum Gasteiger partial charge on any atom is 0.234 e. The summed E-state index contributed by atoms with van der Waals surface area (Å²) in [6.45, 7) is 4.31. The highest BCUT2D eigenvalue weighted by molar-refractivity contribution is 8.00. The van der Waals surface area contributed by atoms with Gasteiger partial charge in [0, 0.05) is 23.6 Å². The monoisotopic (exact) mass is 452 g/mol. The topological polar surface area (TPSA) is 59.3 Å². The van der Waals surface area contributed by atoms with Gasteiger partial charge in [0.1, 0.15) is 5.03 Å². The fourth-order valence-corrected chi connectivity index (χ4v) is 4.65. The van der Waals surface area contributed by atoms with E-state index in [2.05, 4.69) is 60.5 Å². The molecule has 0 aliphatic heterocycles. The van der Waals surface area contributed by atoms with Gasteiger partial charge >= 0.3 is 0 Å². The molecule has 0 atom stereocenters. The lowest BCUT2D eigenvalue weighted by Crippen LogP contribution is -2.14. The van der Waals surface area contributed by atoms with E-state index in [0.717, 1.165) is 32.9 Å². The zero-order chi connectivity index (χ0) is 22.8. The number of anilines is 1. The molecule has 0 spiro atoms. The quantitative estimate of drug-likeness (QED) is 0.303. The molecular weight excluding hydrogens is 428 g/mol. The number of hydrogen-bond donors (Lipinski definition) is 1. The van der Waals surface area contributed by atoms with E-state index in [-0.39, 0.29) is 11.7 Å². The van der Waals surface area contributed by atoms with Crippen LogP contribution in [-0.2, 0) is 4.79 Å². The molecule has 5 rings (SSSR count). The van der Waals surface area contributed by atoms with Gasteiger partial charge in [-0.2, -0.15) is 5.10 Å². The van der Waals surface area contributed by atoms with Crippen LogP contribution in [0.4, 0.5) is 5.69 Å². The van der Waals surface area contributed by atoms with E-state index in [9.17, 15) is 4.79 Å². The molecule has 0 unspecified atom stereocenters. The van der Waals surface area contributed by atoms with E-state index in [0.29, 0.717) is 5.92 Å². The molecule has 3 aromatic carbocycles.